The van der Waals surface area contributed by atoms with Crippen molar-refractivity contribution < 1.29 is 17.6 Å². The molecule has 2 heterocycles. The fourth-order valence-electron chi connectivity index (χ4n) is 4.95. The number of nitrogens with zero attached hydrogens (tertiary/aromatic N) is 2. The minimum atomic E-state index is -3.08. The van der Waals surface area contributed by atoms with Crippen LogP contribution >= 0.6 is 15.9 Å². The monoisotopic (exact) mass is 510 g/mol. The predicted molar refractivity (Wildman–Crippen MR) is 124 cm³/mol. The summed E-state index contributed by atoms with van der Waals surface area (Å²) in [6, 6.07) is 9.11. The van der Waals surface area contributed by atoms with Crippen molar-refractivity contribution in [2.75, 3.05) is 25.2 Å². The maximum Gasteiger partial charge on any atom is 0.197 e. The molecule has 0 unspecified atom stereocenters. The van der Waals surface area contributed by atoms with Gasteiger partial charge in [0.25, 0.3) is 0 Å². The van der Waals surface area contributed by atoms with E-state index in [1.165, 1.54) is 11.8 Å². The summed E-state index contributed by atoms with van der Waals surface area (Å²) < 4.78 is 36.6. The number of ether oxygens (including phenoxy) is 1. The first-order chi connectivity index (χ1) is 14.8. The summed E-state index contributed by atoms with van der Waals surface area (Å²) in [5.41, 5.74) is 1.27. The Hall–Kier alpha value is -1.22. The molecule has 1 saturated heterocycles. The summed E-state index contributed by atoms with van der Waals surface area (Å²) in [5, 5.41) is 0. The van der Waals surface area contributed by atoms with Crippen LogP contribution in [0.25, 0.3) is 0 Å². The normalized spacial score (nSPS) is 28.0. The van der Waals surface area contributed by atoms with Crippen molar-refractivity contribution in [2.24, 2.45) is 0 Å². The molecule has 170 valence electrons. The van der Waals surface area contributed by atoms with E-state index in [1.807, 2.05) is 6.92 Å². The zero-order valence-electron chi connectivity index (χ0n) is 18.2. The first-order valence-corrected chi connectivity index (χ1v) is 13.8. The predicted octanol–water partition coefficient (Wildman–Crippen LogP) is 4.13. The maximum absolute atomic E-state index is 11.9. The number of sulfone groups is 1. The van der Waals surface area contributed by atoms with Gasteiger partial charge in [0.2, 0.25) is 0 Å². The summed E-state index contributed by atoms with van der Waals surface area (Å²) in [6.45, 7) is 3.17. The van der Waals surface area contributed by atoms with Gasteiger partial charge in [0.1, 0.15) is 15.6 Å². The highest BCUT2D eigenvalue weighted by molar-refractivity contribution is 9.10. The number of benzene rings is 1. The summed E-state index contributed by atoms with van der Waals surface area (Å²) in [4.78, 5) is 6.96. The van der Waals surface area contributed by atoms with Gasteiger partial charge in [0, 0.05) is 35.3 Å². The Bertz CT molecular complexity index is 968. The molecule has 2 fully saturated rings. The van der Waals surface area contributed by atoms with E-state index in [-0.39, 0.29) is 17.9 Å². The molecule has 1 aliphatic carbocycles. The molecule has 4 rings (SSSR count). The van der Waals surface area contributed by atoms with E-state index in [0.717, 1.165) is 48.2 Å². The summed E-state index contributed by atoms with van der Waals surface area (Å²) in [5.74, 6) is 2.19. The Morgan fingerprint density at radius 2 is 1.87 bits per heavy atom. The van der Waals surface area contributed by atoms with Gasteiger partial charge < -0.3 is 9.15 Å². The number of aromatic nitrogens is 1. The van der Waals surface area contributed by atoms with Crippen molar-refractivity contribution in [3.63, 3.8) is 0 Å². The van der Waals surface area contributed by atoms with Crippen molar-refractivity contribution in [1.29, 1.82) is 0 Å². The van der Waals surface area contributed by atoms with Crippen LogP contribution in [-0.4, -0.2) is 61.6 Å². The largest absolute Gasteiger partial charge is 0.446 e. The van der Waals surface area contributed by atoms with Gasteiger partial charge in [0.15, 0.2) is 5.89 Å². The summed E-state index contributed by atoms with van der Waals surface area (Å²) in [6.07, 6.45) is 7.95. The fraction of sp³-hybridized carbons (Fsp3) is 0.609. The summed E-state index contributed by atoms with van der Waals surface area (Å²) in [7, 11) is -3.08. The van der Waals surface area contributed by atoms with Crippen LogP contribution in [0.3, 0.4) is 0 Å². The van der Waals surface area contributed by atoms with Crippen LogP contribution in [0.1, 0.15) is 48.8 Å². The molecule has 1 aliphatic heterocycles. The van der Waals surface area contributed by atoms with E-state index in [9.17, 15) is 8.42 Å². The minimum absolute atomic E-state index is 0.0828. The molecule has 2 aromatic rings. The van der Waals surface area contributed by atoms with Crippen molar-refractivity contribution in [2.45, 2.75) is 63.1 Å². The average molecular weight is 511 g/mol. The molecule has 0 spiro atoms. The number of aryl methyl sites for hydroxylation is 1. The van der Waals surface area contributed by atoms with E-state index < -0.39 is 9.84 Å². The third-order valence-electron chi connectivity index (χ3n) is 6.44. The average Bonchev–Trinajstić information content (AvgIpc) is 3.16. The third kappa shape index (κ3) is 6.18. The molecule has 0 radical (unpaired) electrons. The van der Waals surface area contributed by atoms with Gasteiger partial charge in [-0.2, -0.15) is 0 Å². The summed E-state index contributed by atoms with van der Waals surface area (Å²) >= 11 is 3.50. The van der Waals surface area contributed by atoms with Crippen LogP contribution in [0, 0.1) is 6.92 Å². The molecule has 8 heteroatoms. The van der Waals surface area contributed by atoms with E-state index in [2.05, 4.69) is 50.1 Å². The van der Waals surface area contributed by atoms with E-state index in [1.54, 1.807) is 6.20 Å². The number of hydrogen-bond acceptors (Lipinski definition) is 6. The first-order valence-electron chi connectivity index (χ1n) is 11.0. The highest BCUT2D eigenvalue weighted by atomic mass is 79.9. The Morgan fingerprint density at radius 1 is 1.16 bits per heavy atom. The van der Waals surface area contributed by atoms with Gasteiger partial charge >= 0.3 is 0 Å². The van der Waals surface area contributed by atoms with E-state index >= 15 is 0 Å². The Labute approximate surface area is 193 Å². The second-order valence-corrected chi connectivity index (χ2v) is 12.1. The number of hydrogen-bond donors (Lipinski definition) is 0. The Morgan fingerprint density at radius 3 is 2.48 bits per heavy atom. The van der Waals surface area contributed by atoms with Crippen molar-refractivity contribution >= 4 is 25.8 Å². The molecule has 31 heavy (non-hydrogen) atoms. The van der Waals surface area contributed by atoms with Gasteiger partial charge in [-0.25, -0.2) is 13.4 Å². The lowest BCUT2D eigenvalue weighted by Crippen LogP contribution is -2.56. The SMILES string of the molecule is Cc1cnc(C2CCC(N3C[C@H](CS(C)(=O)=O)OC[C@@H]3Cc3ccc(Br)cc3)CC2)o1. The molecule has 2 aliphatic rings. The Balaban J connectivity index is 1.45. The van der Waals surface area contributed by atoms with Gasteiger partial charge in [-0.05, 0) is 56.7 Å². The van der Waals surface area contributed by atoms with Gasteiger partial charge in [0.05, 0.1) is 24.7 Å². The zero-order chi connectivity index (χ0) is 22.0. The number of rotatable bonds is 6. The lowest BCUT2D eigenvalue weighted by atomic mass is 9.84. The molecule has 2 atom stereocenters. The second kappa shape index (κ2) is 9.73. The smallest absolute Gasteiger partial charge is 0.197 e. The van der Waals surface area contributed by atoms with E-state index in [0.29, 0.717) is 25.1 Å². The lowest BCUT2D eigenvalue weighted by Gasteiger charge is -2.46. The van der Waals surface area contributed by atoms with Crippen LogP contribution < -0.4 is 0 Å². The maximum atomic E-state index is 11.9. The molecular formula is C23H31BrN2O4S. The second-order valence-electron chi connectivity index (χ2n) is 9.04. The topological polar surface area (TPSA) is 72.6 Å². The fourth-order valence-corrected chi connectivity index (χ4v) is 6.09. The molecule has 1 aromatic heterocycles. The van der Waals surface area contributed by atoms with Gasteiger partial charge in [-0.3, -0.25) is 4.90 Å². The molecule has 0 amide bonds. The minimum Gasteiger partial charge on any atom is -0.446 e. The van der Waals surface area contributed by atoms with Crippen LogP contribution in [0.15, 0.2) is 39.4 Å². The molecule has 6 nitrogen and oxygen atoms in total. The highest BCUT2D eigenvalue weighted by Crippen LogP contribution is 2.36. The van der Waals surface area contributed by atoms with Crippen molar-refractivity contribution in [1.82, 2.24) is 9.88 Å². The Kier molecular flexibility index (Phi) is 7.20. The molecule has 0 bridgehead atoms. The molecular weight excluding hydrogens is 480 g/mol. The number of halogens is 1. The zero-order valence-corrected chi connectivity index (χ0v) is 20.6. The first kappa shape index (κ1) is 23.0. The van der Waals surface area contributed by atoms with Gasteiger partial charge in [-0.15, -0.1) is 0 Å². The quantitative estimate of drug-likeness (QED) is 0.581. The molecule has 0 N–H and O–H groups in total. The van der Waals surface area contributed by atoms with Crippen LogP contribution in [0.5, 0.6) is 0 Å². The van der Waals surface area contributed by atoms with Crippen molar-refractivity contribution in [3.8, 4) is 0 Å². The lowest BCUT2D eigenvalue weighted by molar-refractivity contribution is -0.0758. The van der Waals surface area contributed by atoms with Crippen LogP contribution in [-0.2, 0) is 21.0 Å². The number of morpholine rings is 1. The van der Waals surface area contributed by atoms with Gasteiger partial charge in [-0.1, -0.05) is 28.1 Å². The molecule has 1 aromatic carbocycles. The van der Waals surface area contributed by atoms with Crippen LogP contribution in [0.4, 0.5) is 0 Å². The molecule has 1 saturated carbocycles. The third-order valence-corrected chi connectivity index (χ3v) is 7.94. The van der Waals surface area contributed by atoms with Crippen molar-refractivity contribution in [3.05, 3.63) is 52.1 Å². The van der Waals surface area contributed by atoms with Crippen LogP contribution in [0.2, 0.25) is 0 Å². The number of oxazole rings is 1. The standard InChI is InChI=1S/C23H31BrN2O4S/c1-16-12-25-23(30-16)18-5-9-20(10-6-18)26-13-22(15-31(2,27)28)29-14-21(26)11-17-3-7-19(24)8-4-17/h3-4,7-8,12,18,20-22H,5-6,9-11,13-15H2,1-2H3/t18?,20?,21-,22+/m0/s1. The van der Waals surface area contributed by atoms with E-state index in [4.69, 9.17) is 9.15 Å². The highest BCUT2D eigenvalue weighted by Gasteiger charge is 2.37.